The van der Waals surface area contributed by atoms with Crippen molar-refractivity contribution in [2.75, 3.05) is 0 Å². The number of aryl methyl sites for hydroxylation is 2. The van der Waals surface area contributed by atoms with E-state index in [1.54, 1.807) is 12.1 Å². The third kappa shape index (κ3) is 2.60. The second-order valence-electron chi connectivity index (χ2n) is 4.42. The molecule has 1 aromatic rings. The molecule has 98 valence electrons. The highest BCUT2D eigenvalue weighted by Crippen LogP contribution is 2.23. The highest BCUT2D eigenvalue weighted by molar-refractivity contribution is 7.87. The zero-order valence-corrected chi connectivity index (χ0v) is 10.5. The molecular formula is C12H14O5S. The third-order valence-corrected chi connectivity index (χ3v) is 3.92. The van der Waals surface area contributed by atoms with Crippen molar-refractivity contribution >= 4 is 15.9 Å². The molecule has 0 bridgehead atoms. The molecular weight excluding hydrogens is 256 g/mol. The predicted molar refractivity (Wildman–Crippen MR) is 65.0 cm³/mol. The molecule has 6 heteroatoms. The molecule has 1 aromatic carbocycles. The Hall–Kier alpha value is -1.24. The average Bonchev–Trinajstić information content (AvgIpc) is 2.35. The van der Waals surface area contributed by atoms with Gasteiger partial charge in [0.25, 0.3) is 10.1 Å². The molecule has 0 saturated heterocycles. The van der Waals surface area contributed by atoms with E-state index < -0.39 is 21.3 Å². The van der Waals surface area contributed by atoms with Gasteiger partial charge in [0, 0.05) is 5.56 Å². The van der Waals surface area contributed by atoms with Gasteiger partial charge in [-0.05, 0) is 42.9 Å². The lowest BCUT2D eigenvalue weighted by Gasteiger charge is -2.16. The maximum atomic E-state index is 11.7. The Balaban J connectivity index is 2.32. The quantitative estimate of drug-likeness (QED) is 0.630. The number of aliphatic hydroxyl groups excluding tert-OH is 1. The number of rotatable bonds is 3. The minimum Gasteiger partial charge on any atom is -0.369 e. The standard InChI is InChI=1S/C12H14O5S/c13-11(12(14)18(15,16)17)10-6-5-8-3-1-2-4-9(8)7-10/h5-7,12,14H,1-4H2,(H,15,16,17). The molecule has 0 amide bonds. The fourth-order valence-corrected chi connectivity index (χ4v) is 2.57. The van der Waals surface area contributed by atoms with Gasteiger partial charge in [0.1, 0.15) is 0 Å². The lowest BCUT2D eigenvalue weighted by molar-refractivity contribution is 0.0848. The molecule has 0 saturated carbocycles. The number of carbonyl (C=O) groups is 1. The van der Waals surface area contributed by atoms with Gasteiger partial charge in [-0.3, -0.25) is 9.35 Å². The van der Waals surface area contributed by atoms with Crippen molar-refractivity contribution in [2.24, 2.45) is 0 Å². The Morgan fingerprint density at radius 3 is 2.39 bits per heavy atom. The first-order valence-corrected chi connectivity index (χ1v) is 7.20. The minimum atomic E-state index is -4.77. The highest BCUT2D eigenvalue weighted by Gasteiger charge is 2.29. The van der Waals surface area contributed by atoms with Crippen molar-refractivity contribution in [1.82, 2.24) is 0 Å². The number of hydrogen-bond donors (Lipinski definition) is 2. The molecule has 18 heavy (non-hydrogen) atoms. The predicted octanol–water partition coefficient (Wildman–Crippen LogP) is 0.954. The molecule has 1 unspecified atom stereocenters. The van der Waals surface area contributed by atoms with Crippen LogP contribution in [0.3, 0.4) is 0 Å². The molecule has 5 nitrogen and oxygen atoms in total. The zero-order chi connectivity index (χ0) is 13.3. The molecule has 0 radical (unpaired) electrons. The smallest absolute Gasteiger partial charge is 0.299 e. The molecule has 0 spiro atoms. The molecule has 2 N–H and O–H groups in total. The second-order valence-corrected chi connectivity index (χ2v) is 5.90. The van der Waals surface area contributed by atoms with Crippen LogP contribution in [0.2, 0.25) is 0 Å². The van der Waals surface area contributed by atoms with Crippen molar-refractivity contribution in [3.8, 4) is 0 Å². The van der Waals surface area contributed by atoms with E-state index in [2.05, 4.69) is 0 Å². The number of ketones is 1. The molecule has 1 aliphatic rings. The van der Waals surface area contributed by atoms with Crippen LogP contribution in [0.5, 0.6) is 0 Å². The van der Waals surface area contributed by atoms with Gasteiger partial charge in [0.05, 0.1) is 0 Å². The van der Waals surface area contributed by atoms with Crippen LogP contribution in [0.15, 0.2) is 18.2 Å². The van der Waals surface area contributed by atoms with E-state index in [0.717, 1.165) is 36.8 Å². The summed E-state index contributed by atoms with van der Waals surface area (Å²) in [5.41, 5.74) is -0.131. The number of carbonyl (C=O) groups excluding carboxylic acids is 1. The summed E-state index contributed by atoms with van der Waals surface area (Å²) in [5, 5.41) is 9.22. The second kappa shape index (κ2) is 4.79. The van der Waals surface area contributed by atoms with Crippen molar-refractivity contribution < 1.29 is 22.9 Å². The Morgan fingerprint density at radius 2 is 1.78 bits per heavy atom. The maximum Gasteiger partial charge on any atom is 0.299 e. The number of fused-ring (bicyclic) bond motifs is 1. The van der Waals surface area contributed by atoms with Crippen molar-refractivity contribution in [2.45, 2.75) is 31.1 Å². The van der Waals surface area contributed by atoms with Crippen LogP contribution in [-0.4, -0.2) is 29.3 Å². The van der Waals surface area contributed by atoms with Gasteiger partial charge in [-0.15, -0.1) is 0 Å². The zero-order valence-electron chi connectivity index (χ0n) is 9.67. The Labute approximate surface area is 105 Å². The van der Waals surface area contributed by atoms with Gasteiger partial charge in [-0.1, -0.05) is 12.1 Å². The monoisotopic (exact) mass is 270 g/mol. The first-order chi connectivity index (χ1) is 8.39. The molecule has 1 aliphatic carbocycles. The lowest BCUT2D eigenvalue weighted by atomic mass is 9.90. The topological polar surface area (TPSA) is 91.7 Å². The van der Waals surface area contributed by atoms with Crippen molar-refractivity contribution in [1.29, 1.82) is 0 Å². The van der Waals surface area contributed by atoms with Crippen LogP contribution in [0.1, 0.15) is 34.3 Å². The Kier molecular flexibility index (Phi) is 3.52. The van der Waals surface area contributed by atoms with Crippen LogP contribution in [-0.2, 0) is 23.0 Å². The number of Topliss-reactive ketones (excluding diaryl/α,β-unsaturated/α-hetero) is 1. The van der Waals surface area contributed by atoms with E-state index in [9.17, 15) is 18.3 Å². The third-order valence-electron chi connectivity index (χ3n) is 3.14. The Morgan fingerprint density at radius 1 is 1.17 bits per heavy atom. The van der Waals surface area contributed by atoms with E-state index in [1.807, 2.05) is 0 Å². The van der Waals surface area contributed by atoms with Gasteiger partial charge in [-0.2, -0.15) is 8.42 Å². The first kappa shape index (κ1) is 13.2. The summed E-state index contributed by atoms with van der Waals surface area (Å²) in [6, 6.07) is 4.87. The van der Waals surface area contributed by atoms with E-state index in [-0.39, 0.29) is 5.56 Å². The number of hydrogen-bond acceptors (Lipinski definition) is 4. The molecule has 0 fully saturated rings. The van der Waals surface area contributed by atoms with Gasteiger partial charge < -0.3 is 5.11 Å². The van der Waals surface area contributed by atoms with Crippen molar-refractivity contribution in [3.63, 3.8) is 0 Å². The van der Waals surface area contributed by atoms with E-state index >= 15 is 0 Å². The summed E-state index contributed by atoms with van der Waals surface area (Å²) < 4.78 is 30.1. The van der Waals surface area contributed by atoms with Crippen LogP contribution in [0.25, 0.3) is 0 Å². The van der Waals surface area contributed by atoms with Crippen LogP contribution in [0, 0.1) is 0 Å². The summed E-state index contributed by atoms with van der Waals surface area (Å²) in [4.78, 5) is 11.7. The first-order valence-electron chi connectivity index (χ1n) is 5.70. The maximum absolute atomic E-state index is 11.7. The Bertz CT molecular complexity index is 576. The van der Waals surface area contributed by atoms with Crippen LogP contribution < -0.4 is 0 Å². The largest absolute Gasteiger partial charge is 0.369 e. The van der Waals surface area contributed by atoms with Gasteiger partial charge in [0.15, 0.2) is 0 Å². The summed E-state index contributed by atoms with van der Waals surface area (Å²) in [6.07, 6.45) is 3.93. The summed E-state index contributed by atoms with van der Waals surface area (Å²) in [5.74, 6) is -0.995. The normalized spacial score (nSPS) is 17.0. The molecule has 0 heterocycles. The fraction of sp³-hybridized carbons (Fsp3) is 0.417. The molecule has 0 aromatic heterocycles. The number of benzene rings is 1. The highest BCUT2D eigenvalue weighted by atomic mass is 32.2. The number of aliphatic hydroxyl groups is 1. The molecule has 2 rings (SSSR count). The summed E-state index contributed by atoms with van der Waals surface area (Å²) in [6.45, 7) is 0. The lowest BCUT2D eigenvalue weighted by Crippen LogP contribution is -2.29. The van der Waals surface area contributed by atoms with Crippen molar-refractivity contribution in [3.05, 3.63) is 34.9 Å². The van der Waals surface area contributed by atoms with Gasteiger partial charge >= 0.3 is 0 Å². The van der Waals surface area contributed by atoms with Gasteiger partial charge in [0.2, 0.25) is 11.2 Å². The average molecular weight is 270 g/mol. The molecule has 0 aliphatic heterocycles. The molecule has 1 atom stereocenters. The van der Waals surface area contributed by atoms with E-state index in [1.165, 1.54) is 6.07 Å². The summed E-state index contributed by atoms with van der Waals surface area (Å²) in [7, 11) is -4.77. The fourth-order valence-electron chi connectivity index (χ4n) is 2.16. The van der Waals surface area contributed by atoms with Crippen LogP contribution >= 0.6 is 0 Å². The summed E-state index contributed by atoms with van der Waals surface area (Å²) >= 11 is 0. The minimum absolute atomic E-state index is 0.112. The SMILES string of the molecule is O=C(c1ccc2c(c1)CCCC2)C(O)S(=O)(=O)O. The van der Waals surface area contributed by atoms with Gasteiger partial charge in [-0.25, -0.2) is 0 Å². The van der Waals surface area contributed by atoms with Crippen LogP contribution in [0.4, 0.5) is 0 Å². The van der Waals surface area contributed by atoms with E-state index in [0.29, 0.717) is 0 Å². The van der Waals surface area contributed by atoms with E-state index in [4.69, 9.17) is 4.55 Å².